The van der Waals surface area contributed by atoms with Crippen molar-refractivity contribution in [3.8, 4) is 0 Å². The van der Waals surface area contributed by atoms with Crippen LogP contribution in [-0.4, -0.2) is 18.5 Å². The topological polar surface area (TPSA) is 55.1 Å². The third kappa shape index (κ3) is 3.04. The second-order valence-electron chi connectivity index (χ2n) is 6.48. The Morgan fingerprint density at radius 1 is 1.25 bits per heavy atom. The smallest absolute Gasteiger partial charge is 0.237 e. The summed E-state index contributed by atoms with van der Waals surface area (Å²) in [5.41, 5.74) is 7.12. The Morgan fingerprint density at radius 3 is 2.70 bits per heavy atom. The average molecular weight is 272 g/mol. The van der Waals surface area contributed by atoms with E-state index in [1.54, 1.807) is 0 Å². The van der Waals surface area contributed by atoms with Crippen LogP contribution in [0, 0.1) is 17.8 Å². The lowest BCUT2D eigenvalue weighted by Gasteiger charge is -2.22. The molecule has 0 radical (unpaired) electrons. The summed E-state index contributed by atoms with van der Waals surface area (Å²) in [7, 11) is 0. The van der Waals surface area contributed by atoms with Crippen molar-refractivity contribution >= 4 is 5.91 Å². The molecule has 1 amide bonds. The van der Waals surface area contributed by atoms with Crippen molar-refractivity contribution in [3.05, 3.63) is 35.9 Å². The maximum Gasteiger partial charge on any atom is 0.237 e. The molecular formula is C17H24N2O. The molecule has 2 bridgehead atoms. The number of hydrogen-bond acceptors (Lipinski definition) is 2. The standard InChI is InChI=1S/C17H24N2O/c18-16(10-12-4-2-1-3-5-12)17(20)19-11-15-9-13-6-7-14(15)8-13/h1-5,13-16H,6-11,18H2,(H,19,20). The molecule has 3 nitrogen and oxygen atoms in total. The van der Waals surface area contributed by atoms with Gasteiger partial charge in [0, 0.05) is 6.54 Å². The number of amides is 1. The van der Waals surface area contributed by atoms with Crippen molar-refractivity contribution < 1.29 is 4.79 Å². The Bertz CT molecular complexity index is 459. The summed E-state index contributed by atoms with van der Waals surface area (Å²) in [5, 5.41) is 3.07. The zero-order valence-corrected chi connectivity index (χ0v) is 11.9. The summed E-state index contributed by atoms with van der Waals surface area (Å²) >= 11 is 0. The van der Waals surface area contributed by atoms with Crippen LogP contribution in [0.4, 0.5) is 0 Å². The summed E-state index contributed by atoms with van der Waals surface area (Å²) in [5.74, 6) is 2.48. The van der Waals surface area contributed by atoms with Gasteiger partial charge < -0.3 is 11.1 Å². The number of rotatable bonds is 5. The number of benzene rings is 1. The van der Waals surface area contributed by atoms with Gasteiger partial charge in [0.05, 0.1) is 6.04 Å². The third-order valence-electron chi connectivity index (χ3n) is 5.06. The normalized spacial score (nSPS) is 29.4. The second-order valence-corrected chi connectivity index (χ2v) is 6.48. The molecule has 1 aromatic carbocycles. The summed E-state index contributed by atoms with van der Waals surface area (Å²) in [6.45, 7) is 0.822. The Labute approximate surface area is 120 Å². The van der Waals surface area contributed by atoms with Crippen molar-refractivity contribution in [1.82, 2.24) is 5.32 Å². The van der Waals surface area contributed by atoms with Gasteiger partial charge in [0.15, 0.2) is 0 Å². The maximum atomic E-state index is 12.1. The molecule has 3 heteroatoms. The van der Waals surface area contributed by atoms with Crippen LogP contribution in [0.5, 0.6) is 0 Å². The highest BCUT2D eigenvalue weighted by Gasteiger charge is 2.39. The number of nitrogens with two attached hydrogens (primary N) is 1. The van der Waals surface area contributed by atoms with Crippen LogP contribution in [-0.2, 0) is 11.2 Å². The molecule has 2 fully saturated rings. The zero-order chi connectivity index (χ0) is 13.9. The Hall–Kier alpha value is -1.35. The Morgan fingerprint density at radius 2 is 2.05 bits per heavy atom. The van der Waals surface area contributed by atoms with E-state index >= 15 is 0 Å². The highest BCUT2D eigenvalue weighted by molar-refractivity contribution is 5.81. The molecule has 0 aliphatic heterocycles. The van der Waals surface area contributed by atoms with Gasteiger partial charge in [0.2, 0.25) is 5.91 Å². The second kappa shape index (κ2) is 5.96. The SMILES string of the molecule is NC(Cc1ccccc1)C(=O)NCC1CC2CCC1C2. The van der Waals surface area contributed by atoms with Crippen molar-refractivity contribution in [3.63, 3.8) is 0 Å². The summed E-state index contributed by atoms with van der Waals surface area (Å²) in [6.07, 6.45) is 6.07. The molecule has 0 spiro atoms. The number of carbonyl (C=O) groups excluding carboxylic acids is 1. The summed E-state index contributed by atoms with van der Waals surface area (Å²) in [4.78, 5) is 12.1. The van der Waals surface area contributed by atoms with Gasteiger partial charge in [-0.15, -0.1) is 0 Å². The van der Waals surface area contributed by atoms with E-state index in [0.717, 1.165) is 23.9 Å². The zero-order valence-electron chi connectivity index (χ0n) is 11.9. The molecule has 0 heterocycles. The Balaban J connectivity index is 1.44. The van der Waals surface area contributed by atoms with E-state index in [9.17, 15) is 4.79 Å². The highest BCUT2D eigenvalue weighted by atomic mass is 16.2. The fourth-order valence-corrected chi connectivity index (χ4v) is 3.95. The molecule has 0 saturated heterocycles. The van der Waals surface area contributed by atoms with E-state index in [0.29, 0.717) is 12.3 Å². The van der Waals surface area contributed by atoms with Crippen LogP contribution in [0.2, 0.25) is 0 Å². The quantitative estimate of drug-likeness (QED) is 0.862. The minimum absolute atomic E-state index is 0.00312. The molecule has 20 heavy (non-hydrogen) atoms. The van der Waals surface area contributed by atoms with Crippen molar-refractivity contribution in [1.29, 1.82) is 0 Å². The van der Waals surface area contributed by atoms with Gasteiger partial charge in [0.1, 0.15) is 0 Å². The fourth-order valence-electron chi connectivity index (χ4n) is 3.95. The number of fused-ring (bicyclic) bond motifs is 2. The van der Waals surface area contributed by atoms with E-state index in [-0.39, 0.29) is 5.91 Å². The predicted octanol–water partition coefficient (Wildman–Crippen LogP) is 2.11. The molecule has 3 N–H and O–H groups in total. The molecule has 3 rings (SSSR count). The first-order valence-electron chi connectivity index (χ1n) is 7.79. The van der Waals surface area contributed by atoms with Crippen molar-refractivity contribution in [2.24, 2.45) is 23.5 Å². The van der Waals surface area contributed by atoms with Gasteiger partial charge in [-0.2, -0.15) is 0 Å². The molecule has 1 aromatic rings. The first-order chi connectivity index (χ1) is 9.72. The van der Waals surface area contributed by atoms with Gasteiger partial charge in [-0.3, -0.25) is 4.79 Å². The van der Waals surface area contributed by atoms with Crippen molar-refractivity contribution in [2.75, 3.05) is 6.54 Å². The van der Waals surface area contributed by atoms with Gasteiger partial charge in [-0.25, -0.2) is 0 Å². The number of carbonyl (C=O) groups is 1. The molecule has 2 aliphatic rings. The molecule has 2 aliphatic carbocycles. The number of hydrogen-bond donors (Lipinski definition) is 2. The fraction of sp³-hybridized carbons (Fsp3) is 0.588. The lowest BCUT2D eigenvalue weighted by molar-refractivity contribution is -0.122. The molecule has 2 saturated carbocycles. The number of nitrogens with one attached hydrogen (secondary N) is 1. The van der Waals surface area contributed by atoms with Gasteiger partial charge in [-0.1, -0.05) is 36.8 Å². The van der Waals surface area contributed by atoms with Crippen LogP contribution in [0.1, 0.15) is 31.2 Å². The third-order valence-corrected chi connectivity index (χ3v) is 5.06. The van der Waals surface area contributed by atoms with Gasteiger partial charge in [-0.05, 0) is 49.0 Å². The largest absolute Gasteiger partial charge is 0.354 e. The van der Waals surface area contributed by atoms with Crippen LogP contribution < -0.4 is 11.1 Å². The highest BCUT2D eigenvalue weighted by Crippen LogP contribution is 2.47. The monoisotopic (exact) mass is 272 g/mol. The van der Waals surface area contributed by atoms with Crippen LogP contribution in [0.3, 0.4) is 0 Å². The molecule has 4 atom stereocenters. The van der Waals surface area contributed by atoms with Crippen LogP contribution in [0.15, 0.2) is 30.3 Å². The lowest BCUT2D eigenvalue weighted by Crippen LogP contribution is -2.44. The molecule has 0 aromatic heterocycles. The van der Waals surface area contributed by atoms with E-state index < -0.39 is 6.04 Å². The molecule has 4 unspecified atom stereocenters. The molecular weight excluding hydrogens is 248 g/mol. The molecule has 108 valence electrons. The van der Waals surface area contributed by atoms with Crippen LogP contribution >= 0.6 is 0 Å². The van der Waals surface area contributed by atoms with E-state index in [1.165, 1.54) is 25.7 Å². The van der Waals surface area contributed by atoms with E-state index in [4.69, 9.17) is 5.73 Å². The predicted molar refractivity (Wildman–Crippen MR) is 80.1 cm³/mol. The lowest BCUT2D eigenvalue weighted by atomic mass is 9.89. The van der Waals surface area contributed by atoms with E-state index in [2.05, 4.69) is 5.32 Å². The Kier molecular flexibility index (Phi) is 4.06. The first-order valence-corrected chi connectivity index (χ1v) is 7.79. The minimum atomic E-state index is -0.434. The minimum Gasteiger partial charge on any atom is -0.354 e. The average Bonchev–Trinajstić information content (AvgIpc) is 3.08. The van der Waals surface area contributed by atoms with E-state index in [1.807, 2.05) is 30.3 Å². The van der Waals surface area contributed by atoms with Crippen molar-refractivity contribution in [2.45, 2.75) is 38.1 Å². The summed E-state index contributed by atoms with van der Waals surface area (Å²) in [6, 6.07) is 9.54. The van der Waals surface area contributed by atoms with Gasteiger partial charge >= 0.3 is 0 Å². The maximum absolute atomic E-state index is 12.1. The summed E-state index contributed by atoms with van der Waals surface area (Å²) < 4.78 is 0. The van der Waals surface area contributed by atoms with Gasteiger partial charge in [0.25, 0.3) is 0 Å². The first kappa shape index (κ1) is 13.6. The van der Waals surface area contributed by atoms with Crippen LogP contribution in [0.25, 0.3) is 0 Å².